The summed E-state index contributed by atoms with van der Waals surface area (Å²) in [5.41, 5.74) is 6.95. The van der Waals surface area contributed by atoms with Gasteiger partial charge in [0.2, 0.25) is 0 Å². The molecule has 2 N–H and O–H groups in total. The molecule has 1 heterocycles. The summed E-state index contributed by atoms with van der Waals surface area (Å²) in [6.07, 6.45) is 1.07. The van der Waals surface area contributed by atoms with Crippen molar-refractivity contribution in [2.24, 2.45) is 11.7 Å². The van der Waals surface area contributed by atoms with E-state index in [-0.39, 0.29) is 12.4 Å². The Labute approximate surface area is 101 Å². The Balaban J connectivity index is 1.81. The lowest BCUT2D eigenvalue weighted by Crippen LogP contribution is -2.09. The van der Waals surface area contributed by atoms with Gasteiger partial charge in [0.05, 0.1) is 19.8 Å². The smallest absolute Gasteiger partial charge is 0.127 e. The fourth-order valence-electron chi connectivity index (χ4n) is 1.93. The Morgan fingerprint density at radius 2 is 2.35 bits per heavy atom. The molecule has 1 atom stereocenters. The third kappa shape index (κ3) is 3.49. The minimum atomic E-state index is -0.250. The maximum absolute atomic E-state index is 13.2. The van der Waals surface area contributed by atoms with Gasteiger partial charge in [-0.15, -0.1) is 0 Å². The van der Waals surface area contributed by atoms with Gasteiger partial charge in [0.15, 0.2) is 0 Å². The van der Waals surface area contributed by atoms with E-state index in [0.29, 0.717) is 24.7 Å². The molecule has 0 spiro atoms. The van der Waals surface area contributed by atoms with Crippen LogP contribution >= 0.6 is 0 Å². The summed E-state index contributed by atoms with van der Waals surface area (Å²) in [7, 11) is 0. The van der Waals surface area contributed by atoms with Crippen LogP contribution in [0, 0.1) is 11.7 Å². The quantitative estimate of drug-likeness (QED) is 0.852. The number of hydrogen-bond donors (Lipinski definition) is 1. The molecule has 0 radical (unpaired) electrons. The molecule has 1 saturated heterocycles. The van der Waals surface area contributed by atoms with Crippen molar-refractivity contribution in [1.82, 2.24) is 0 Å². The van der Waals surface area contributed by atoms with Crippen LogP contribution in [-0.2, 0) is 22.6 Å². The van der Waals surface area contributed by atoms with Gasteiger partial charge in [-0.25, -0.2) is 4.39 Å². The molecule has 0 saturated carbocycles. The zero-order chi connectivity index (χ0) is 12.1. The van der Waals surface area contributed by atoms with Gasteiger partial charge in [0.25, 0.3) is 0 Å². The van der Waals surface area contributed by atoms with Crippen molar-refractivity contribution in [3.05, 3.63) is 35.1 Å². The van der Waals surface area contributed by atoms with Gasteiger partial charge in [-0.3, -0.25) is 0 Å². The summed E-state index contributed by atoms with van der Waals surface area (Å²) < 4.78 is 24.1. The molecule has 4 heteroatoms. The lowest BCUT2D eigenvalue weighted by molar-refractivity contribution is 0.0791. The lowest BCUT2D eigenvalue weighted by Gasteiger charge is -2.09. The first-order chi connectivity index (χ1) is 8.29. The van der Waals surface area contributed by atoms with E-state index in [1.54, 1.807) is 12.1 Å². The normalized spacial score (nSPS) is 19.8. The molecule has 1 unspecified atom stereocenters. The highest BCUT2D eigenvalue weighted by molar-refractivity contribution is 5.24. The fraction of sp³-hybridized carbons (Fsp3) is 0.538. The molecular formula is C13H18FNO2. The molecule has 0 amide bonds. The highest BCUT2D eigenvalue weighted by Crippen LogP contribution is 2.15. The summed E-state index contributed by atoms with van der Waals surface area (Å²) in [6, 6.07) is 4.94. The number of ether oxygens (including phenoxy) is 2. The SMILES string of the molecule is NCc1cc(COCC2CCOC2)ccc1F. The molecule has 1 aromatic rings. The zero-order valence-corrected chi connectivity index (χ0v) is 9.82. The molecule has 3 nitrogen and oxygen atoms in total. The third-order valence-corrected chi connectivity index (χ3v) is 2.98. The summed E-state index contributed by atoms with van der Waals surface area (Å²) in [5.74, 6) is 0.255. The van der Waals surface area contributed by atoms with E-state index in [1.165, 1.54) is 6.07 Å². The van der Waals surface area contributed by atoms with Gasteiger partial charge in [-0.2, -0.15) is 0 Å². The minimum absolute atomic E-state index is 0.218. The Kier molecular flexibility index (Phi) is 4.48. The van der Waals surface area contributed by atoms with E-state index in [9.17, 15) is 4.39 Å². The van der Waals surface area contributed by atoms with Gasteiger partial charge < -0.3 is 15.2 Å². The van der Waals surface area contributed by atoms with Crippen LogP contribution in [0.1, 0.15) is 17.5 Å². The van der Waals surface area contributed by atoms with Crippen LogP contribution in [0.5, 0.6) is 0 Å². The highest BCUT2D eigenvalue weighted by atomic mass is 19.1. The van der Waals surface area contributed by atoms with Crippen LogP contribution in [-0.4, -0.2) is 19.8 Å². The zero-order valence-electron chi connectivity index (χ0n) is 9.82. The second-order valence-electron chi connectivity index (χ2n) is 4.37. The fourth-order valence-corrected chi connectivity index (χ4v) is 1.93. The van der Waals surface area contributed by atoms with Gasteiger partial charge in [-0.1, -0.05) is 6.07 Å². The van der Waals surface area contributed by atoms with Crippen LogP contribution in [0.4, 0.5) is 4.39 Å². The topological polar surface area (TPSA) is 44.5 Å². The molecule has 0 aliphatic carbocycles. The first-order valence-electron chi connectivity index (χ1n) is 5.92. The Morgan fingerprint density at radius 1 is 1.47 bits per heavy atom. The van der Waals surface area contributed by atoms with Gasteiger partial charge in [0, 0.05) is 24.6 Å². The molecule has 1 aromatic carbocycles. The molecular weight excluding hydrogens is 221 g/mol. The Bertz CT molecular complexity index is 364. The first kappa shape index (κ1) is 12.5. The van der Waals surface area contributed by atoms with Crippen molar-refractivity contribution >= 4 is 0 Å². The van der Waals surface area contributed by atoms with Crippen molar-refractivity contribution in [2.45, 2.75) is 19.6 Å². The number of halogens is 1. The van der Waals surface area contributed by atoms with E-state index in [1.807, 2.05) is 0 Å². The summed E-state index contributed by atoms with van der Waals surface area (Å²) in [5, 5.41) is 0. The van der Waals surface area contributed by atoms with Crippen molar-refractivity contribution in [3.63, 3.8) is 0 Å². The predicted molar refractivity (Wildman–Crippen MR) is 62.9 cm³/mol. The number of nitrogens with two attached hydrogens (primary N) is 1. The predicted octanol–water partition coefficient (Wildman–Crippen LogP) is 1.84. The van der Waals surface area contributed by atoms with Gasteiger partial charge in [0.1, 0.15) is 5.82 Å². The molecule has 1 aliphatic heterocycles. The molecule has 1 aliphatic rings. The number of hydrogen-bond acceptors (Lipinski definition) is 3. The maximum Gasteiger partial charge on any atom is 0.127 e. The van der Waals surface area contributed by atoms with Crippen LogP contribution < -0.4 is 5.73 Å². The molecule has 1 fully saturated rings. The second kappa shape index (κ2) is 6.10. The van der Waals surface area contributed by atoms with Crippen LogP contribution in [0.25, 0.3) is 0 Å². The van der Waals surface area contributed by atoms with Crippen molar-refractivity contribution in [1.29, 1.82) is 0 Å². The molecule has 0 aromatic heterocycles. The van der Waals surface area contributed by atoms with Crippen LogP contribution in [0.15, 0.2) is 18.2 Å². The van der Waals surface area contributed by atoms with Gasteiger partial charge >= 0.3 is 0 Å². The van der Waals surface area contributed by atoms with Gasteiger partial charge in [-0.05, 0) is 24.1 Å². The van der Waals surface area contributed by atoms with E-state index >= 15 is 0 Å². The molecule has 2 rings (SSSR count). The lowest BCUT2D eigenvalue weighted by atomic mass is 10.1. The van der Waals surface area contributed by atoms with E-state index in [4.69, 9.17) is 15.2 Å². The van der Waals surface area contributed by atoms with Crippen molar-refractivity contribution in [2.75, 3.05) is 19.8 Å². The van der Waals surface area contributed by atoms with E-state index in [2.05, 4.69) is 0 Å². The Morgan fingerprint density at radius 3 is 3.06 bits per heavy atom. The summed E-state index contributed by atoms with van der Waals surface area (Å²) in [6.45, 7) is 3.05. The molecule has 17 heavy (non-hydrogen) atoms. The third-order valence-electron chi connectivity index (χ3n) is 2.98. The Hall–Kier alpha value is -0.970. The summed E-state index contributed by atoms with van der Waals surface area (Å²) in [4.78, 5) is 0. The average molecular weight is 239 g/mol. The minimum Gasteiger partial charge on any atom is -0.381 e. The first-order valence-corrected chi connectivity index (χ1v) is 5.92. The van der Waals surface area contributed by atoms with Crippen LogP contribution in [0.3, 0.4) is 0 Å². The number of rotatable bonds is 5. The standard InChI is InChI=1S/C13H18FNO2/c14-13-2-1-10(5-12(13)6-15)7-17-9-11-3-4-16-8-11/h1-2,5,11H,3-4,6-9,15H2. The van der Waals surface area contributed by atoms with E-state index < -0.39 is 0 Å². The molecule has 0 bridgehead atoms. The van der Waals surface area contributed by atoms with Crippen molar-refractivity contribution < 1.29 is 13.9 Å². The maximum atomic E-state index is 13.2. The summed E-state index contributed by atoms with van der Waals surface area (Å²) >= 11 is 0. The largest absolute Gasteiger partial charge is 0.381 e. The average Bonchev–Trinajstić information content (AvgIpc) is 2.84. The number of benzene rings is 1. The second-order valence-corrected chi connectivity index (χ2v) is 4.37. The molecule has 94 valence electrons. The van der Waals surface area contributed by atoms with Crippen LogP contribution in [0.2, 0.25) is 0 Å². The van der Waals surface area contributed by atoms with Crippen molar-refractivity contribution in [3.8, 4) is 0 Å². The highest BCUT2D eigenvalue weighted by Gasteiger charge is 2.15. The monoisotopic (exact) mass is 239 g/mol. The van der Waals surface area contributed by atoms with E-state index in [0.717, 1.165) is 25.2 Å².